The Morgan fingerprint density at radius 2 is 1.91 bits per heavy atom. The number of rotatable bonds is 6. The fourth-order valence-corrected chi connectivity index (χ4v) is 6.02. The van der Waals surface area contributed by atoms with Crippen LogP contribution >= 0.6 is 0 Å². The van der Waals surface area contributed by atoms with E-state index in [4.69, 9.17) is 14.7 Å². The summed E-state index contributed by atoms with van der Waals surface area (Å²) in [6.45, 7) is 5.90. The Morgan fingerprint density at radius 1 is 1.12 bits per heavy atom. The molecular weight excluding hydrogens is 428 g/mol. The van der Waals surface area contributed by atoms with E-state index in [1.807, 2.05) is 6.92 Å². The Kier molecular flexibility index (Phi) is 6.63. The number of ketones is 1. The van der Waals surface area contributed by atoms with Crippen molar-refractivity contribution >= 4 is 17.6 Å². The summed E-state index contributed by atoms with van der Waals surface area (Å²) in [6.07, 6.45) is 6.80. The number of Topliss-reactive ketones (excluding diaryl/α,β-unsaturated/α-hetero) is 1. The smallest absolute Gasteiger partial charge is 0.411 e. The minimum absolute atomic E-state index is 0.0353. The molecule has 7 heteroatoms. The highest BCUT2D eigenvalue weighted by molar-refractivity contribution is 5.96. The number of anilines is 1. The molecule has 4 fully saturated rings. The van der Waals surface area contributed by atoms with Gasteiger partial charge in [0.25, 0.3) is 0 Å². The zero-order valence-electron chi connectivity index (χ0n) is 20.1. The molecule has 2 bridgehead atoms. The lowest BCUT2D eigenvalue weighted by Crippen LogP contribution is -2.54. The van der Waals surface area contributed by atoms with Crippen molar-refractivity contribution in [3.8, 4) is 0 Å². The van der Waals surface area contributed by atoms with E-state index >= 15 is 0 Å². The number of ether oxygens (including phenoxy) is 1. The molecule has 2 aromatic rings. The summed E-state index contributed by atoms with van der Waals surface area (Å²) in [4.78, 5) is 36.0. The van der Waals surface area contributed by atoms with Crippen molar-refractivity contribution in [3.05, 3.63) is 53.1 Å². The van der Waals surface area contributed by atoms with Gasteiger partial charge in [0.2, 0.25) is 0 Å². The first kappa shape index (κ1) is 23.0. The Labute approximate surface area is 201 Å². The lowest BCUT2D eigenvalue weighted by molar-refractivity contribution is -0.00155. The Bertz CT molecular complexity index is 1070. The molecule has 1 N–H and O–H groups in total. The third-order valence-corrected chi connectivity index (χ3v) is 7.83. The maximum Gasteiger partial charge on any atom is 0.411 e. The van der Waals surface area contributed by atoms with Crippen LogP contribution in [0.15, 0.2) is 30.3 Å². The second-order valence-electron chi connectivity index (χ2n) is 10.1. The molecular formula is C27H34N4O3. The molecule has 1 amide bonds. The van der Waals surface area contributed by atoms with Crippen LogP contribution in [0.5, 0.6) is 0 Å². The monoisotopic (exact) mass is 462 g/mol. The van der Waals surface area contributed by atoms with Crippen molar-refractivity contribution in [3.63, 3.8) is 0 Å². The minimum atomic E-state index is -0.479. The standard InChI is InChI=1S/C27H34N4O3/c1-17(32)20-8-5-9-22(12-20)30-27(33)34-16-23-13-21-10-11-31(23)15-24(21)26-14-25(28-18(2)29-26)19-6-3-4-7-19/h5,8-9,12,14,19,21,23-24H,3-4,6-7,10-11,13,15-16H2,1-2H3,(H,30,33)/t21-,23+,24+/m0/s1. The zero-order chi connectivity index (χ0) is 23.7. The lowest BCUT2D eigenvalue weighted by Gasteiger charge is -2.49. The number of fused-ring (bicyclic) bond motifs is 3. The number of benzene rings is 1. The normalized spacial score (nSPS) is 26.4. The zero-order valence-corrected chi connectivity index (χ0v) is 20.1. The second-order valence-corrected chi connectivity index (χ2v) is 10.1. The average molecular weight is 463 g/mol. The molecule has 6 rings (SSSR count). The van der Waals surface area contributed by atoms with Crippen LogP contribution in [0.3, 0.4) is 0 Å². The van der Waals surface area contributed by atoms with Crippen molar-refractivity contribution in [2.45, 2.75) is 70.3 Å². The van der Waals surface area contributed by atoms with Gasteiger partial charge in [-0.25, -0.2) is 14.8 Å². The number of nitrogens with one attached hydrogen (secondary N) is 1. The Balaban J connectivity index is 1.19. The third-order valence-electron chi connectivity index (χ3n) is 7.83. The van der Waals surface area contributed by atoms with E-state index in [1.54, 1.807) is 24.3 Å². The highest BCUT2D eigenvalue weighted by atomic mass is 16.5. The van der Waals surface area contributed by atoms with E-state index < -0.39 is 6.09 Å². The summed E-state index contributed by atoms with van der Waals surface area (Å²) in [6, 6.07) is 9.44. The summed E-state index contributed by atoms with van der Waals surface area (Å²) in [5, 5.41) is 2.75. The molecule has 180 valence electrons. The van der Waals surface area contributed by atoms with Crippen LogP contribution in [0.4, 0.5) is 10.5 Å². The van der Waals surface area contributed by atoms with Crippen molar-refractivity contribution in [1.29, 1.82) is 0 Å². The summed E-state index contributed by atoms with van der Waals surface area (Å²) in [7, 11) is 0. The molecule has 4 atom stereocenters. The molecule has 4 aliphatic rings. The highest BCUT2D eigenvalue weighted by Gasteiger charge is 2.42. The molecule has 1 aromatic carbocycles. The first-order valence-electron chi connectivity index (χ1n) is 12.6. The SMILES string of the molecule is CC(=O)c1cccc(NC(=O)OC[C@H]2C[C@@H]3CCN2C[C@H]3c2cc(C3CCCC3)nc(C)n2)c1. The third kappa shape index (κ3) is 4.99. The topological polar surface area (TPSA) is 84.4 Å². The number of carbonyl (C=O) groups is 2. The fraction of sp³-hybridized carbons (Fsp3) is 0.556. The van der Waals surface area contributed by atoms with E-state index in [0.717, 1.165) is 31.8 Å². The first-order valence-corrected chi connectivity index (χ1v) is 12.6. The van der Waals surface area contributed by atoms with E-state index in [2.05, 4.69) is 16.3 Å². The predicted molar refractivity (Wildman–Crippen MR) is 130 cm³/mol. The van der Waals surface area contributed by atoms with E-state index in [-0.39, 0.29) is 11.8 Å². The van der Waals surface area contributed by atoms with Gasteiger partial charge in [-0.15, -0.1) is 0 Å². The van der Waals surface area contributed by atoms with Gasteiger partial charge in [0.05, 0.1) is 0 Å². The number of hydrogen-bond acceptors (Lipinski definition) is 6. The van der Waals surface area contributed by atoms with Gasteiger partial charge in [-0.05, 0) is 70.2 Å². The number of amides is 1. The maximum absolute atomic E-state index is 12.4. The van der Waals surface area contributed by atoms with E-state index in [0.29, 0.717) is 35.6 Å². The molecule has 7 nitrogen and oxygen atoms in total. The van der Waals surface area contributed by atoms with Gasteiger partial charge in [0.15, 0.2) is 5.78 Å². The Hall–Kier alpha value is -2.80. The number of carbonyl (C=O) groups excluding carboxylic acids is 2. The van der Waals surface area contributed by atoms with Gasteiger partial charge in [-0.2, -0.15) is 0 Å². The van der Waals surface area contributed by atoms with Crippen LogP contribution in [0.1, 0.15) is 84.9 Å². The van der Waals surface area contributed by atoms with Gasteiger partial charge >= 0.3 is 6.09 Å². The van der Waals surface area contributed by atoms with E-state index in [9.17, 15) is 9.59 Å². The first-order chi connectivity index (χ1) is 16.5. The number of aryl methyl sites for hydroxylation is 1. The molecule has 3 saturated heterocycles. The summed E-state index contributed by atoms with van der Waals surface area (Å²) >= 11 is 0. The van der Waals surface area contributed by atoms with Crippen molar-refractivity contribution in [1.82, 2.24) is 14.9 Å². The lowest BCUT2D eigenvalue weighted by atomic mass is 9.74. The quantitative estimate of drug-likeness (QED) is 0.603. The highest BCUT2D eigenvalue weighted by Crippen LogP contribution is 2.42. The van der Waals surface area contributed by atoms with Crippen molar-refractivity contribution < 1.29 is 14.3 Å². The van der Waals surface area contributed by atoms with Crippen LogP contribution in [0.2, 0.25) is 0 Å². The van der Waals surface area contributed by atoms with Crippen LogP contribution in [0.25, 0.3) is 0 Å². The summed E-state index contributed by atoms with van der Waals surface area (Å²) in [5.74, 6) is 2.43. The van der Waals surface area contributed by atoms with Crippen molar-refractivity contribution in [2.24, 2.45) is 5.92 Å². The predicted octanol–water partition coefficient (Wildman–Crippen LogP) is 5.07. The van der Waals surface area contributed by atoms with Crippen LogP contribution in [-0.2, 0) is 4.74 Å². The molecule has 4 heterocycles. The summed E-state index contributed by atoms with van der Waals surface area (Å²) in [5.41, 5.74) is 3.57. The van der Waals surface area contributed by atoms with Crippen LogP contribution in [-0.4, -0.2) is 52.5 Å². The van der Waals surface area contributed by atoms with Gasteiger partial charge in [0.1, 0.15) is 12.4 Å². The Morgan fingerprint density at radius 3 is 2.65 bits per heavy atom. The summed E-state index contributed by atoms with van der Waals surface area (Å²) < 4.78 is 5.58. The number of aromatic nitrogens is 2. The average Bonchev–Trinajstić information content (AvgIpc) is 3.38. The molecule has 3 aliphatic heterocycles. The number of hydrogen-bond donors (Lipinski definition) is 1. The van der Waals surface area contributed by atoms with Crippen molar-refractivity contribution in [2.75, 3.05) is 25.0 Å². The van der Waals surface area contributed by atoms with Crippen LogP contribution < -0.4 is 5.32 Å². The molecule has 0 spiro atoms. The molecule has 1 unspecified atom stereocenters. The minimum Gasteiger partial charge on any atom is -0.448 e. The van der Waals surface area contributed by atoms with Gasteiger partial charge in [0, 0.05) is 47.1 Å². The van der Waals surface area contributed by atoms with Gasteiger partial charge in [-0.1, -0.05) is 25.0 Å². The number of piperidine rings is 3. The van der Waals surface area contributed by atoms with Crippen LogP contribution in [0, 0.1) is 12.8 Å². The fourth-order valence-electron chi connectivity index (χ4n) is 6.02. The van der Waals surface area contributed by atoms with Gasteiger partial charge < -0.3 is 4.74 Å². The number of nitrogens with zero attached hydrogens (tertiary/aromatic N) is 3. The largest absolute Gasteiger partial charge is 0.448 e. The molecule has 34 heavy (non-hydrogen) atoms. The molecule has 1 saturated carbocycles. The second kappa shape index (κ2) is 9.82. The maximum atomic E-state index is 12.4. The molecule has 1 aliphatic carbocycles. The van der Waals surface area contributed by atoms with Gasteiger partial charge in [-0.3, -0.25) is 15.0 Å². The molecule has 0 radical (unpaired) electrons. The van der Waals surface area contributed by atoms with E-state index in [1.165, 1.54) is 44.0 Å². The molecule has 1 aromatic heterocycles.